The third-order valence-electron chi connectivity index (χ3n) is 3.67. The molecule has 1 aromatic heterocycles. The summed E-state index contributed by atoms with van der Waals surface area (Å²) in [6, 6.07) is 8.25. The Morgan fingerprint density at radius 2 is 2.16 bits per heavy atom. The average Bonchev–Trinajstić information content (AvgIpc) is 2.97. The molecule has 1 N–H and O–H groups in total. The Labute approximate surface area is 112 Å². The number of ether oxygens (including phenoxy) is 1. The van der Waals surface area contributed by atoms with E-state index in [-0.39, 0.29) is 0 Å². The number of rotatable bonds is 4. The second kappa shape index (κ2) is 5.05. The van der Waals surface area contributed by atoms with E-state index in [2.05, 4.69) is 22.6 Å². The number of para-hydroxylation sites is 1. The van der Waals surface area contributed by atoms with Gasteiger partial charge in [0, 0.05) is 30.1 Å². The van der Waals surface area contributed by atoms with Crippen LogP contribution < -0.4 is 10.1 Å². The van der Waals surface area contributed by atoms with Gasteiger partial charge in [-0.15, -0.1) is 0 Å². The first-order valence-electron chi connectivity index (χ1n) is 6.60. The van der Waals surface area contributed by atoms with Crippen LogP contribution in [0.2, 0.25) is 0 Å². The second-order valence-electron chi connectivity index (χ2n) is 4.98. The number of benzene rings is 1. The molecule has 2 heterocycles. The molecule has 0 radical (unpaired) electrons. The van der Waals surface area contributed by atoms with Gasteiger partial charge in [-0.3, -0.25) is 0 Å². The van der Waals surface area contributed by atoms with E-state index < -0.39 is 0 Å². The zero-order valence-electron chi connectivity index (χ0n) is 11.3. The van der Waals surface area contributed by atoms with Crippen molar-refractivity contribution < 1.29 is 9.26 Å². The molecule has 1 aliphatic rings. The topological polar surface area (TPSA) is 47.3 Å². The molecule has 0 aliphatic carbocycles. The largest absolute Gasteiger partial charge is 0.493 e. The van der Waals surface area contributed by atoms with Crippen LogP contribution in [0, 0.1) is 13.8 Å². The van der Waals surface area contributed by atoms with E-state index in [0.29, 0.717) is 5.92 Å². The number of fused-ring (bicyclic) bond motifs is 1. The van der Waals surface area contributed by atoms with Crippen molar-refractivity contribution in [1.82, 2.24) is 10.5 Å². The molecule has 1 atom stereocenters. The van der Waals surface area contributed by atoms with Gasteiger partial charge in [-0.25, -0.2) is 0 Å². The molecule has 1 aromatic carbocycles. The summed E-state index contributed by atoms with van der Waals surface area (Å²) in [7, 11) is 0. The van der Waals surface area contributed by atoms with Crippen LogP contribution in [-0.2, 0) is 6.54 Å². The zero-order valence-corrected chi connectivity index (χ0v) is 11.3. The van der Waals surface area contributed by atoms with Crippen LogP contribution in [-0.4, -0.2) is 18.3 Å². The van der Waals surface area contributed by atoms with Gasteiger partial charge in [-0.05, 0) is 19.9 Å². The molecule has 1 unspecified atom stereocenters. The first-order valence-corrected chi connectivity index (χ1v) is 6.60. The molecule has 19 heavy (non-hydrogen) atoms. The standard InChI is InChI=1S/C15H18N2O2/c1-10-14(11(2)19-17-10)8-16-7-12-9-18-15-6-4-3-5-13(12)15/h3-6,12,16H,7-9H2,1-2H3. The lowest BCUT2D eigenvalue weighted by atomic mass is 10.0. The Bertz CT molecular complexity index is 558. The predicted octanol–water partition coefficient (Wildman–Crippen LogP) is 2.56. The Hall–Kier alpha value is -1.81. The Morgan fingerprint density at radius 3 is 2.95 bits per heavy atom. The van der Waals surface area contributed by atoms with E-state index in [4.69, 9.17) is 9.26 Å². The lowest BCUT2D eigenvalue weighted by Gasteiger charge is -2.10. The third-order valence-corrected chi connectivity index (χ3v) is 3.67. The monoisotopic (exact) mass is 258 g/mol. The summed E-state index contributed by atoms with van der Waals surface area (Å²) in [5.41, 5.74) is 3.43. The number of aryl methyl sites for hydroxylation is 2. The van der Waals surface area contributed by atoms with Crippen molar-refractivity contribution in [3.05, 3.63) is 46.8 Å². The molecule has 0 fully saturated rings. The smallest absolute Gasteiger partial charge is 0.138 e. The summed E-state index contributed by atoms with van der Waals surface area (Å²) >= 11 is 0. The zero-order chi connectivity index (χ0) is 13.2. The van der Waals surface area contributed by atoms with E-state index >= 15 is 0 Å². The van der Waals surface area contributed by atoms with Gasteiger partial charge in [-0.1, -0.05) is 23.4 Å². The SMILES string of the molecule is Cc1noc(C)c1CNCC1COc2ccccc21. The molecule has 0 bridgehead atoms. The van der Waals surface area contributed by atoms with Gasteiger partial charge in [0.2, 0.25) is 0 Å². The lowest BCUT2D eigenvalue weighted by Crippen LogP contribution is -2.22. The van der Waals surface area contributed by atoms with Crippen molar-refractivity contribution in [3.8, 4) is 5.75 Å². The molecule has 0 amide bonds. The molecular formula is C15H18N2O2. The van der Waals surface area contributed by atoms with Crippen molar-refractivity contribution in [2.45, 2.75) is 26.3 Å². The molecule has 100 valence electrons. The summed E-state index contributed by atoms with van der Waals surface area (Å²) in [5.74, 6) is 2.34. The molecular weight excluding hydrogens is 240 g/mol. The second-order valence-corrected chi connectivity index (χ2v) is 4.98. The van der Waals surface area contributed by atoms with Gasteiger partial charge in [0.15, 0.2) is 0 Å². The van der Waals surface area contributed by atoms with Gasteiger partial charge in [0.25, 0.3) is 0 Å². The summed E-state index contributed by atoms with van der Waals surface area (Å²) < 4.78 is 10.8. The highest BCUT2D eigenvalue weighted by molar-refractivity contribution is 5.39. The van der Waals surface area contributed by atoms with Crippen LogP contribution in [0.3, 0.4) is 0 Å². The van der Waals surface area contributed by atoms with Crippen LogP contribution in [0.4, 0.5) is 0 Å². The summed E-state index contributed by atoms with van der Waals surface area (Å²) in [4.78, 5) is 0. The van der Waals surface area contributed by atoms with Crippen molar-refractivity contribution in [2.24, 2.45) is 0 Å². The fourth-order valence-corrected chi connectivity index (χ4v) is 2.52. The Morgan fingerprint density at radius 1 is 1.32 bits per heavy atom. The predicted molar refractivity (Wildman–Crippen MR) is 72.4 cm³/mol. The fourth-order valence-electron chi connectivity index (χ4n) is 2.52. The number of aromatic nitrogens is 1. The fraction of sp³-hybridized carbons (Fsp3) is 0.400. The third kappa shape index (κ3) is 2.36. The molecule has 2 aromatic rings. The Kier molecular flexibility index (Phi) is 3.25. The van der Waals surface area contributed by atoms with Crippen molar-refractivity contribution in [3.63, 3.8) is 0 Å². The number of nitrogens with one attached hydrogen (secondary N) is 1. The van der Waals surface area contributed by atoms with E-state index in [1.54, 1.807) is 0 Å². The minimum absolute atomic E-state index is 0.427. The number of nitrogens with zero attached hydrogens (tertiary/aromatic N) is 1. The van der Waals surface area contributed by atoms with Gasteiger partial charge in [-0.2, -0.15) is 0 Å². The molecule has 4 heteroatoms. The number of hydrogen-bond acceptors (Lipinski definition) is 4. The summed E-state index contributed by atoms with van der Waals surface area (Å²) in [6.07, 6.45) is 0. The molecule has 4 nitrogen and oxygen atoms in total. The first-order chi connectivity index (χ1) is 9.25. The van der Waals surface area contributed by atoms with E-state index in [0.717, 1.165) is 42.5 Å². The normalized spacial score (nSPS) is 17.3. The van der Waals surface area contributed by atoms with Crippen molar-refractivity contribution >= 4 is 0 Å². The lowest BCUT2D eigenvalue weighted by molar-refractivity contribution is 0.326. The average molecular weight is 258 g/mol. The van der Waals surface area contributed by atoms with E-state index in [1.165, 1.54) is 5.56 Å². The highest BCUT2D eigenvalue weighted by Gasteiger charge is 2.23. The molecule has 0 spiro atoms. The number of hydrogen-bond donors (Lipinski definition) is 1. The highest BCUT2D eigenvalue weighted by Crippen LogP contribution is 2.32. The van der Waals surface area contributed by atoms with E-state index in [9.17, 15) is 0 Å². The van der Waals surface area contributed by atoms with Crippen molar-refractivity contribution in [2.75, 3.05) is 13.2 Å². The minimum Gasteiger partial charge on any atom is -0.493 e. The Balaban J connectivity index is 1.60. The van der Waals surface area contributed by atoms with Crippen LogP contribution in [0.25, 0.3) is 0 Å². The maximum Gasteiger partial charge on any atom is 0.138 e. The quantitative estimate of drug-likeness (QED) is 0.915. The molecule has 0 saturated heterocycles. The van der Waals surface area contributed by atoms with Gasteiger partial charge in [0.1, 0.15) is 11.5 Å². The summed E-state index contributed by atoms with van der Waals surface area (Å²) in [6.45, 7) is 6.38. The van der Waals surface area contributed by atoms with Crippen molar-refractivity contribution in [1.29, 1.82) is 0 Å². The maximum atomic E-state index is 5.68. The van der Waals surface area contributed by atoms with Crippen LogP contribution in [0.1, 0.15) is 28.5 Å². The van der Waals surface area contributed by atoms with Gasteiger partial charge in [0.05, 0.1) is 12.3 Å². The first kappa shape index (κ1) is 12.2. The van der Waals surface area contributed by atoms with Gasteiger partial charge >= 0.3 is 0 Å². The minimum atomic E-state index is 0.427. The summed E-state index contributed by atoms with van der Waals surface area (Å²) in [5, 5.41) is 7.44. The molecule has 1 aliphatic heterocycles. The van der Waals surface area contributed by atoms with E-state index in [1.807, 2.05) is 26.0 Å². The maximum absolute atomic E-state index is 5.68. The van der Waals surface area contributed by atoms with Gasteiger partial charge < -0.3 is 14.6 Å². The molecule has 0 saturated carbocycles. The van der Waals surface area contributed by atoms with Crippen LogP contribution in [0.5, 0.6) is 5.75 Å². The molecule has 3 rings (SSSR count). The highest BCUT2D eigenvalue weighted by atomic mass is 16.5. The van der Waals surface area contributed by atoms with Crippen LogP contribution in [0.15, 0.2) is 28.8 Å². The van der Waals surface area contributed by atoms with Crippen LogP contribution >= 0.6 is 0 Å².